The van der Waals surface area contributed by atoms with Crippen molar-refractivity contribution < 1.29 is 9.84 Å². The summed E-state index contributed by atoms with van der Waals surface area (Å²) in [5, 5.41) is 9.44. The highest BCUT2D eigenvalue weighted by Gasteiger charge is 2.32. The molecule has 1 unspecified atom stereocenters. The van der Waals surface area contributed by atoms with Crippen molar-refractivity contribution in [2.45, 2.75) is 32.0 Å². The van der Waals surface area contributed by atoms with Gasteiger partial charge in [0.05, 0.1) is 12.2 Å². The number of aromatic nitrogens is 1. The predicted octanol–water partition coefficient (Wildman–Crippen LogP) is 2.34. The van der Waals surface area contributed by atoms with Gasteiger partial charge in [-0.1, -0.05) is 0 Å². The highest BCUT2D eigenvalue weighted by molar-refractivity contribution is 9.10. The van der Waals surface area contributed by atoms with Gasteiger partial charge >= 0.3 is 0 Å². The van der Waals surface area contributed by atoms with Gasteiger partial charge in [-0.15, -0.1) is 0 Å². The van der Waals surface area contributed by atoms with E-state index in [1.165, 1.54) is 0 Å². The van der Waals surface area contributed by atoms with E-state index in [2.05, 4.69) is 32.7 Å². The van der Waals surface area contributed by atoms with Gasteiger partial charge in [-0.05, 0) is 41.8 Å². The number of anilines is 1. The van der Waals surface area contributed by atoms with Crippen molar-refractivity contribution in [2.75, 3.05) is 25.1 Å². The zero-order chi connectivity index (χ0) is 13.2. The molecule has 1 aliphatic rings. The summed E-state index contributed by atoms with van der Waals surface area (Å²) in [6, 6.07) is 1.92. The molecule has 1 aliphatic heterocycles. The fourth-order valence-electron chi connectivity index (χ4n) is 2.43. The van der Waals surface area contributed by atoms with E-state index in [1.807, 2.05) is 6.07 Å². The first-order chi connectivity index (χ1) is 8.58. The second-order valence-corrected chi connectivity index (χ2v) is 5.89. The zero-order valence-corrected chi connectivity index (χ0v) is 12.4. The number of rotatable bonds is 3. The highest BCUT2D eigenvalue weighted by Crippen LogP contribution is 2.29. The number of hydrogen-bond acceptors (Lipinski definition) is 4. The Labute approximate surface area is 116 Å². The number of methoxy groups -OCH3 is 1. The van der Waals surface area contributed by atoms with Crippen molar-refractivity contribution in [2.24, 2.45) is 0 Å². The van der Waals surface area contributed by atoms with Crippen LogP contribution in [0.1, 0.15) is 25.3 Å². The maximum atomic E-state index is 9.44. The Kier molecular flexibility index (Phi) is 4.25. The first-order valence-corrected chi connectivity index (χ1v) is 6.93. The van der Waals surface area contributed by atoms with Crippen LogP contribution in [0.3, 0.4) is 0 Å². The molecule has 18 heavy (non-hydrogen) atoms. The van der Waals surface area contributed by atoms with Crippen LogP contribution in [0, 0.1) is 0 Å². The molecular formula is C13H19BrN2O2. The monoisotopic (exact) mass is 314 g/mol. The molecule has 0 spiro atoms. The Balaban J connectivity index is 2.25. The molecule has 1 atom stereocenters. The van der Waals surface area contributed by atoms with Gasteiger partial charge < -0.3 is 14.7 Å². The largest absolute Gasteiger partial charge is 0.392 e. The lowest BCUT2D eigenvalue weighted by molar-refractivity contribution is -0.00488. The molecule has 1 aromatic heterocycles. The number of nitrogens with zero attached hydrogens (tertiary/aromatic N) is 2. The van der Waals surface area contributed by atoms with Crippen molar-refractivity contribution in [1.29, 1.82) is 0 Å². The second kappa shape index (κ2) is 5.55. The summed E-state index contributed by atoms with van der Waals surface area (Å²) in [6.45, 7) is 3.89. The molecule has 1 saturated heterocycles. The van der Waals surface area contributed by atoms with Crippen LogP contribution in [-0.4, -0.2) is 35.9 Å². The predicted molar refractivity (Wildman–Crippen MR) is 74.7 cm³/mol. The molecule has 2 rings (SSSR count). The normalized spacial score (nSPS) is 24.3. The first kappa shape index (κ1) is 13.8. The first-order valence-electron chi connectivity index (χ1n) is 6.13. The van der Waals surface area contributed by atoms with E-state index in [0.29, 0.717) is 0 Å². The van der Waals surface area contributed by atoms with Crippen molar-refractivity contribution >= 4 is 21.7 Å². The van der Waals surface area contributed by atoms with Crippen LogP contribution < -0.4 is 4.90 Å². The number of ether oxygens (including phenoxy) is 1. The molecule has 1 fully saturated rings. The highest BCUT2D eigenvalue weighted by atomic mass is 79.9. The molecule has 0 aliphatic carbocycles. The van der Waals surface area contributed by atoms with Crippen LogP contribution in [0.4, 0.5) is 5.82 Å². The third-order valence-electron chi connectivity index (χ3n) is 3.53. The van der Waals surface area contributed by atoms with Crippen LogP contribution in [0.2, 0.25) is 0 Å². The summed E-state index contributed by atoms with van der Waals surface area (Å²) in [6.07, 6.45) is 3.91. The van der Waals surface area contributed by atoms with Gasteiger partial charge in [0.25, 0.3) is 0 Å². The molecule has 100 valence electrons. The lowest BCUT2D eigenvalue weighted by Gasteiger charge is -2.40. The number of aliphatic hydroxyl groups excluding tert-OH is 1. The Hall–Kier alpha value is -0.650. The van der Waals surface area contributed by atoms with E-state index in [1.54, 1.807) is 13.3 Å². The van der Waals surface area contributed by atoms with E-state index in [9.17, 15) is 5.11 Å². The summed E-state index contributed by atoms with van der Waals surface area (Å²) < 4.78 is 6.48. The Morgan fingerprint density at radius 3 is 3.06 bits per heavy atom. The summed E-state index contributed by atoms with van der Waals surface area (Å²) >= 11 is 3.38. The van der Waals surface area contributed by atoms with Gasteiger partial charge in [0.15, 0.2) is 0 Å². The second-order valence-electron chi connectivity index (χ2n) is 4.97. The molecule has 0 saturated carbocycles. The van der Waals surface area contributed by atoms with Crippen molar-refractivity contribution in [1.82, 2.24) is 4.98 Å². The van der Waals surface area contributed by atoms with Crippen LogP contribution in [0.5, 0.6) is 0 Å². The third kappa shape index (κ3) is 2.84. The SMILES string of the molecule is COC1(C)CCCN(c2ncc(Br)cc2CO)C1. The zero-order valence-electron chi connectivity index (χ0n) is 10.8. The smallest absolute Gasteiger partial charge is 0.134 e. The summed E-state index contributed by atoms with van der Waals surface area (Å²) in [5.41, 5.74) is 0.726. The summed E-state index contributed by atoms with van der Waals surface area (Å²) in [7, 11) is 1.76. The minimum Gasteiger partial charge on any atom is -0.392 e. The lowest BCUT2D eigenvalue weighted by atomic mass is 9.94. The molecule has 1 N–H and O–H groups in total. The van der Waals surface area contributed by atoms with Gasteiger partial charge in [0.1, 0.15) is 5.82 Å². The van der Waals surface area contributed by atoms with E-state index < -0.39 is 0 Å². The maximum absolute atomic E-state index is 9.44. The van der Waals surface area contributed by atoms with Gasteiger partial charge in [-0.2, -0.15) is 0 Å². The van der Waals surface area contributed by atoms with Gasteiger partial charge in [-0.25, -0.2) is 4.98 Å². The Morgan fingerprint density at radius 2 is 2.39 bits per heavy atom. The minimum absolute atomic E-state index is 0.00195. The van der Waals surface area contributed by atoms with E-state index in [4.69, 9.17) is 4.74 Å². The molecule has 1 aromatic rings. The topological polar surface area (TPSA) is 45.6 Å². The molecule has 5 heteroatoms. The van der Waals surface area contributed by atoms with Crippen molar-refractivity contribution in [3.63, 3.8) is 0 Å². The number of pyridine rings is 1. The molecule has 0 bridgehead atoms. The fraction of sp³-hybridized carbons (Fsp3) is 0.615. The lowest BCUT2D eigenvalue weighted by Crippen LogP contribution is -2.48. The van der Waals surface area contributed by atoms with Crippen molar-refractivity contribution in [3.8, 4) is 0 Å². The van der Waals surface area contributed by atoms with E-state index in [0.717, 1.165) is 41.8 Å². The van der Waals surface area contributed by atoms with Crippen LogP contribution >= 0.6 is 15.9 Å². The van der Waals surface area contributed by atoms with Gasteiger partial charge in [-0.3, -0.25) is 0 Å². The number of piperidine rings is 1. The molecule has 2 heterocycles. The van der Waals surface area contributed by atoms with Crippen molar-refractivity contribution in [3.05, 3.63) is 22.3 Å². The Morgan fingerprint density at radius 1 is 1.61 bits per heavy atom. The molecule has 0 radical (unpaired) electrons. The van der Waals surface area contributed by atoms with Gasteiger partial charge in [0, 0.05) is 36.4 Å². The van der Waals surface area contributed by atoms with Crippen LogP contribution in [0.25, 0.3) is 0 Å². The Bertz CT molecular complexity index is 427. The van der Waals surface area contributed by atoms with Crippen LogP contribution in [-0.2, 0) is 11.3 Å². The summed E-state index contributed by atoms with van der Waals surface area (Å²) in [4.78, 5) is 6.64. The number of hydrogen-bond donors (Lipinski definition) is 1. The molecular weight excluding hydrogens is 296 g/mol. The molecule has 0 aromatic carbocycles. The third-order valence-corrected chi connectivity index (χ3v) is 3.96. The minimum atomic E-state index is -0.125. The summed E-state index contributed by atoms with van der Waals surface area (Å²) in [5.74, 6) is 0.865. The van der Waals surface area contributed by atoms with Gasteiger partial charge in [0.2, 0.25) is 0 Å². The quantitative estimate of drug-likeness (QED) is 0.930. The standard InChI is InChI=1S/C13H19BrN2O2/c1-13(18-2)4-3-5-16(9-13)12-10(8-17)6-11(14)7-15-12/h6-7,17H,3-5,8-9H2,1-2H3. The number of halogens is 1. The average Bonchev–Trinajstić information content (AvgIpc) is 2.38. The molecule has 0 amide bonds. The van der Waals surface area contributed by atoms with Crippen LogP contribution in [0.15, 0.2) is 16.7 Å². The fourth-order valence-corrected chi connectivity index (χ4v) is 2.81. The number of aliphatic hydroxyl groups is 1. The van der Waals surface area contributed by atoms with E-state index in [-0.39, 0.29) is 12.2 Å². The van der Waals surface area contributed by atoms with E-state index >= 15 is 0 Å². The average molecular weight is 315 g/mol. The maximum Gasteiger partial charge on any atom is 0.134 e. The molecule has 4 nitrogen and oxygen atoms in total.